The molecule has 0 bridgehead atoms. The Bertz CT molecular complexity index is 1400. The average molecular weight is 531 g/mol. The molecule has 0 saturated heterocycles. The van der Waals surface area contributed by atoms with E-state index in [1.807, 2.05) is 0 Å². The quantitative estimate of drug-likeness (QED) is 0.521. The molecule has 2 aliphatic rings. The first-order valence-corrected chi connectivity index (χ1v) is 12.0. The Kier molecular flexibility index (Phi) is 6.26. The van der Waals surface area contributed by atoms with E-state index in [9.17, 15) is 33.0 Å². The number of aliphatic hydroxyl groups is 2. The lowest BCUT2D eigenvalue weighted by molar-refractivity contribution is -0.205. The molecule has 2 amide bonds. The van der Waals surface area contributed by atoms with Crippen molar-refractivity contribution < 1.29 is 33.0 Å². The Labute approximate surface area is 215 Å². The van der Waals surface area contributed by atoms with Crippen LogP contribution in [0.15, 0.2) is 60.7 Å². The van der Waals surface area contributed by atoms with Crippen LogP contribution in [0.1, 0.15) is 38.3 Å². The van der Waals surface area contributed by atoms with Crippen LogP contribution >= 0.6 is 11.6 Å². The molecule has 2 aliphatic heterocycles. The maximum absolute atomic E-state index is 14.9. The van der Waals surface area contributed by atoms with Crippen molar-refractivity contribution in [3.63, 3.8) is 0 Å². The molecule has 0 radical (unpaired) electrons. The first kappa shape index (κ1) is 25.3. The molecule has 3 aromatic carbocycles. The van der Waals surface area contributed by atoms with Gasteiger partial charge in [-0.2, -0.15) is 0 Å². The zero-order chi connectivity index (χ0) is 26.5. The first-order valence-electron chi connectivity index (χ1n) is 11.6. The molecular formula is C27H22ClF3N2O4. The lowest BCUT2D eigenvalue weighted by Crippen LogP contribution is -2.48. The Morgan fingerprint density at radius 2 is 1.78 bits per heavy atom. The van der Waals surface area contributed by atoms with Crippen molar-refractivity contribution in [2.24, 2.45) is 0 Å². The van der Waals surface area contributed by atoms with Crippen LogP contribution in [0.2, 0.25) is 5.02 Å². The van der Waals surface area contributed by atoms with Crippen LogP contribution in [0.5, 0.6) is 0 Å². The number of halogens is 4. The topological polar surface area (TPSA) is 81.1 Å². The molecule has 37 heavy (non-hydrogen) atoms. The highest BCUT2D eigenvalue weighted by Crippen LogP contribution is 2.47. The average Bonchev–Trinajstić information content (AvgIpc) is 2.97. The van der Waals surface area contributed by atoms with Gasteiger partial charge in [-0.3, -0.25) is 9.59 Å². The summed E-state index contributed by atoms with van der Waals surface area (Å²) in [5.41, 5.74) is -1.94. The molecule has 0 fully saturated rings. The van der Waals surface area contributed by atoms with Gasteiger partial charge in [-0.15, -0.1) is 0 Å². The van der Waals surface area contributed by atoms with E-state index in [1.165, 1.54) is 41.3 Å². The molecule has 2 N–H and O–H groups in total. The molecule has 1 atom stereocenters. The minimum absolute atomic E-state index is 0.0112. The number of fused-ring (bicyclic) bond motifs is 2. The van der Waals surface area contributed by atoms with Gasteiger partial charge in [0.05, 0.1) is 12.3 Å². The van der Waals surface area contributed by atoms with E-state index in [1.54, 1.807) is 18.2 Å². The van der Waals surface area contributed by atoms with Crippen LogP contribution in [-0.4, -0.2) is 47.6 Å². The fourth-order valence-corrected chi connectivity index (χ4v) is 5.11. The zero-order valence-corrected chi connectivity index (χ0v) is 20.2. The van der Waals surface area contributed by atoms with E-state index in [-0.39, 0.29) is 39.9 Å². The van der Waals surface area contributed by atoms with Gasteiger partial charge in [0.2, 0.25) is 0 Å². The van der Waals surface area contributed by atoms with Gasteiger partial charge < -0.3 is 20.0 Å². The highest BCUT2D eigenvalue weighted by molar-refractivity contribution is 6.30. The fourth-order valence-electron chi connectivity index (χ4n) is 4.93. The summed E-state index contributed by atoms with van der Waals surface area (Å²) < 4.78 is 43.9. The Hall–Kier alpha value is -3.40. The van der Waals surface area contributed by atoms with Gasteiger partial charge in [-0.05, 0) is 61.0 Å². The molecule has 6 nitrogen and oxygen atoms in total. The monoisotopic (exact) mass is 530 g/mol. The third kappa shape index (κ3) is 4.07. The molecule has 2 heterocycles. The van der Waals surface area contributed by atoms with E-state index in [0.29, 0.717) is 17.7 Å². The molecule has 3 aromatic rings. The first-order chi connectivity index (χ1) is 17.6. The molecule has 0 spiro atoms. The van der Waals surface area contributed by atoms with Crippen molar-refractivity contribution >= 4 is 34.8 Å². The number of aliphatic hydroxyl groups excluding tert-OH is 1. The largest absolute Gasteiger partial charge is 0.393 e. The van der Waals surface area contributed by atoms with Gasteiger partial charge in [0, 0.05) is 52.5 Å². The minimum Gasteiger partial charge on any atom is -0.393 e. The van der Waals surface area contributed by atoms with Gasteiger partial charge >= 0.3 is 0 Å². The highest BCUT2D eigenvalue weighted by atomic mass is 35.5. The Morgan fingerprint density at radius 3 is 2.49 bits per heavy atom. The molecular weight excluding hydrogens is 509 g/mol. The van der Waals surface area contributed by atoms with Crippen molar-refractivity contribution in [2.45, 2.75) is 24.4 Å². The second kappa shape index (κ2) is 9.16. The summed E-state index contributed by atoms with van der Waals surface area (Å²) >= 11 is 6.00. The van der Waals surface area contributed by atoms with Crippen molar-refractivity contribution in [3.05, 3.63) is 93.8 Å². The summed E-state index contributed by atoms with van der Waals surface area (Å²) in [6, 6.07) is 14.3. The Morgan fingerprint density at radius 1 is 1.05 bits per heavy atom. The van der Waals surface area contributed by atoms with Crippen LogP contribution in [0, 0.1) is 5.82 Å². The van der Waals surface area contributed by atoms with Gasteiger partial charge in [0.1, 0.15) is 5.82 Å². The van der Waals surface area contributed by atoms with Gasteiger partial charge in [-0.25, -0.2) is 13.2 Å². The molecule has 0 saturated carbocycles. The van der Waals surface area contributed by atoms with E-state index < -0.39 is 42.8 Å². The molecule has 0 aliphatic carbocycles. The van der Waals surface area contributed by atoms with Crippen molar-refractivity contribution in [1.29, 1.82) is 0 Å². The summed E-state index contributed by atoms with van der Waals surface area (Å²) in [6.45, 7) is -1.42. The zero-order valence-electron chi connectivity index (χ0n) is 19.4. The molecule has 0 unspecified atom stereocenters. The van der Waals surface area contributed by atoms with Crippen molar-refractivity contribution in [3.8, 4) is 0 Å². The second-order valence-electron chi connectivity index (χ2n) is 9.11. The van der Waals surface area contributed by atoms with Crippen molar-refractivity contribution in [2.75, 3.05) is 29.5 Å². The van der Waals surface area contributed by atoms with Crippen molar-refractivity contribution in [1.82, 2.24) is 0 Å². The van der Waals surface area contributed by atoms with E-state index in [0.717, 1.165) is 11.0 Å². The lowest BCUT2D eigenvalue weighted by Gasteiger charge is -2.33. The SMILES string of the molecule is O=C1c2cccc(F)c2CCN1c1ccc(C(=O)N2CCC(F)(F)[C@](O)(CO)c3cc(Cl)ccc32)cc1. The predicted molar refractivity (Wildman–Crippen MR) is 132 cm³/mol. The van der Waals surface area contributed by atoms with E-state index in [2.05, 4.69) is 0 Å². The number of hydrogen-bond donors (Lipinski definition) is 2. The molecule has 10 heteroatoms. The van der Waals surface area contributed by atoms with E-state index in [4.69, 9.17) is 11.6 Å². The van der Waals surface area contributed by atoms with Crippen LogP contribution in [0.3, 0.4) is 0 Å². The fraction of sp³-hybridized carbons (Fsp3) is 0.259. The summed E-state index contributed by atoms with van der Waals surface area (Å²) in [4.78, 5) is 29.0. The van der Waals surface area contributed by atoms with E-state index >= 15 is 0 Å². The normalized spacial score (nSPS) is 20.8. The number of anilines is 2. The smallest absolute Gasteiger partial charge is 0.284 e. The van der Waals surface area contributed by atoms with Gasteiger partial charge in [-0.1, -0.05) is 17.7 Å². The number of carbonyl (C=O) groups is 2. The number of rotatable bonds is 3. The minimum atomic E-state index is -3.73. The number of carbonyl (C=O) groups excluding carboxylic acids is 2. The van der Waals surface area contributed by atoms with Crippen LogP contribution in [0.25, 0.3) is 0 Å². The summed E-state index contributed by atoms with van der Waals surface area (Å²) in [5.74, 6) is -5.12. The molecule has 5 rings (SSSR count). The lowest BCUT2D eigenvalue weighted by atomic mass is 9.86. The van der Waals surface area contributed by atoms with Crippen LogP contribution in [0.4, 0.5) is 24.5 Å². The maximum Gasteiger partial charge on any atom is 0.284 e. The number of nitrogens with zero attached hydrogens (tertiary/aromatic N) is 2. The number of benzene rings is 3. The Balaban J connectivity index is 1.46. The number of alkyl halides is 2. The van der Waals surface area contributed by atoms with Crippen LogP contribution in [-0.2, 0) is 12.0 Å². The van der Waals surface area contributed by atoms with Crippen LogP contribution < -0.4 is 9.80 Å². The summed E-state index contributed by atoms with van der Waals surface area (Å²) in [7, 11) is 0. The second-order valence-corrected chi connectivity index (χ2v) is 9.55. The third-order valence-electron chi connectivity index (χ3n) is 7.03. The highest BCUT2D eigenvalue weighted by Gasteiger charge is 2.56. The number of hydrogen-bond acceptors (Lipinski definition) is 4. The summed E-state index contributed by atoms with van der Waals surface area (Å²) in [5, 5.41) is 20.5. The number of amides is 2. The van der Waals surface area contributed by atoms with Gasteiger partial charge in [0.15, 0.2) is 5.60 Å². The third-order valence-corrected chi connectivity index (χ3v) is 7.26. The molecule has 0 aromatic heterocycles. The van der Waals surface area contributed by atoms with Gasteiger partial charge in [0.25, 0.3) is 17.7 Å². The summed E-state index contributed by atoms with van der Waals surface area (Å²) in [6.07, 6.45) is -0.554. The predicted octanol–water partition coefficient (Wildman–Crippen LogP) is 4.55. The standard InChI is InChI=1S/C27H22ClF3N2O4/c28-17-6-9-23-21(14-17)26(37,15-34)27(30,31)11-13-33(23)24(35)16-4-7-18(8-5-16)32-12-10-19-20(25(32)36)2-1-3-22(19)29/h1-9,14,34,37H,10-13,15H2/t26-/m0/s1. The molecule has 192 valence electrons. The maximum atomic E-state index is 14.9.